The lowest BCUT2D eigenvalue weighted by Gasteiger charge is -2.12. The Morgan fingerprint density at radius 3 is 2.14 bits per heavy atom. The van der Waals surface area contributed by atoms with Crippen molar-refractivity contribution in [2.45, 2.75) is 65.0 Å². The van der Waals surface area contributed by atoms with Gasteiger partial charge >= 0.3 is 6.18 Å². The maximum absolute atomic E-state index is 11.9. The Bertz CT molecular complexity index is 129. The predicted molar refractivity (Wildman–Crippen MR) is 53.2 cm³/mol. The highest BCUT2D eigenvalue weighted by Gasteiger charge is 2.27. The van der Waals surface area contributed by atoms with Gasteiger partial charge in [0, 0.05) is 6.42 Å². The van der Waals surface area contributed by atoms with Gasteiger partial charge < -0.3 is 0 Å². The second-order valence-electron chi connectivity index (χ2n) is 4.11. The molecule has 86 valence electrons. The summed E-state index contributed by atoms with van der Waals surface area (Å²) in [6.07, 6.45) is 1.24. The van der Waals surface area contributed by atoms with Crippen LogP contribution in [0.2, 0.25) is 0 Å². The molecule has 0 N–H and O–H groups in total. The fourth-order valence-corrected chi connectivity index (χ4v) is 1.47. The van der Waals surface area contributed by atoms with Gasteiger partial charge in [0.2, 0.25) is 0 Å². The van der Waals surface area contributed by atoms with Gasteiger partial charge in [-0.05, 0) is 12.3 Å². The first-order valence-electron chi connectivity index (χ1n) is 5.52. The van der Waals surface area contributed by atoms with Crippen molar-refractivity contribution in [3.05, 3.63) is 0 Å². The lowest BCUT2D eigenvalue weighted by Crippen LogP contribution is -2.09. The Hall–Kier alpha value is -0.210. The van der Waals surface area contributed by atoms with Crippen molar-refractivity contribution < 1.29 is 13.2 Å². The molecule has 0 bridgehead atoms. The fourth-order valence-electron chi connectivity index (χ4n) is 1.47. The molecule has 0 aliphatic rings. The molecule has 0 fully saturated rings. The molecule has 0 saturated carbocycles. The van der Waals surface area contributed by atoms with Gasteiger partial charge in [-0.25, -0.2) is 0 Å². The molecule has 0 amide bonds. The van der Waals surface area contributed by atoms with E-state index in [1.807, 2.05) is 6.92 Å². The maximum atomic E-state index is 11.9. The maximum Gasteiger partial charge on any atom is 0.389 e. The van der Waals surface area contributed by atoms with E-state index in [1.54, 1.807) is 0 Å². The highest BCUT2D eigenvalue weighted by molar-refractivity contribution is 4.58. The molecule has 0 heterocycles. The van der Waals surface area contributed by atoms with Gasteiger partial charge in [-0.15, -0.1) is 0 Å². The van der Waals surface area contributed by atoms with Crippen LogP contribution in [-0.4, -0.2) is 6.18 Å². The van der Waals surface area contributed by atoms with Gasteiger partial charge in [0.15, 0.2) is 0 Å². The standard InChI is InChI=1S/C11H21F3/c1-3-4-5-6-7-10(2)8-9-11(12,13)14/h10H,3-9H2,1-2H3. The van der Waals surface area contributed by atoms with Crippen molar-refractivity contribution in [2.75, 3.05) is 0 Å². The minimum atomic E-state index is -3.97. The van der Waals surface area contributed by atoms with Gasteiger partial charge in [0.25, 0.3) is 0 Å². The highest BCUT2D eigenvalue weighted by Crippen LogP contribution is 2.25. The number of hydrogen-bond acceptors (Lipinski definition) is 0. The monoisotopic (exact) mass is 210 g/mol. The van der Waals surface area contributed by atoms with Crippen molar-refractivity contribution in [2.24, 2.45) is 5.92 Å². The van der Waals surface area contributed by atoms with Crippen molar-refractivity contribution in [1.29, 1.82) is 0 Å². The number of hydrogen-bond donors (Lipinski definition) is 0. The first-order valence-corrected chi connectivity index (χ1v) is 5.52. The summed E-state index contributed by atoms with van der Waals surface area (Å²) in [5.74, 6) is 0.216. The summed E-state index contributed by atoms with van der Waals surface area (Å²) in [4.78, 5) is 0. The molecule has 1 unspecified atom stereocenters. The fraction of sp³-hybridized carbons (Fsp3) is 1.00. The average molecular weight is 210 g/mol. The third-order valence-electron chi connectivity index (χ3n) is 2.47. The number of rotatable bonds is 7. The number of unbranched alkanes of at least 4 members (excludes halogenated alkanes) is 3. The van der Waals surface area contributed by atoms with Crippen LogP contribution < -0.4 is 0 Å². The predicted octanol–water partition coefficient (Wildman–Crippen LogP) is 4.94. The summed E-state index contributed by atoms with van der Waals surface area (Å²) in [5.41, 5.74) is 0. The Balaban J connectivity index is 3.32. The van der Waals surface area contributed by atoms with Crippen LogP contribution in [0.3, 0.4) is 0 Å². The molecular weight excluding hydrogens is 189 g/mol. The van der Waals surface area contributed by atoms with E-state index in [-0.39, 0.29) is 12.3 Å². The molecule has 14 heavy (non-hydrogen) atoms. The average Bonchev–Trinajstić information content (AvgIpc) is 2.08. The Morgan fingerprint density at radius 2 is 1.64 bits per heavy atom. The second-order valence-corrected chi connectivity index (χ2v) is 4.11. The van der Waals surface area contributed by atoms with Crippen LogP contribution in [0, 0.1) is 5.92 Å². The van der Waals surface area contributed by atoms with Crippen molar-refractivity contribution in [3.8, 4) is 0 Å². The van der Waals surface area contributed by atoms with E-state index < -0.39 is 12.6 Å². The molecule has 0 aromatic heterocycles. The van der Waals surface area contributed by atoms with E-state index in [0.717, 1.165) is 19.3 Å². The van der Waals surface area contributed by atoms with Crippen LogP contribution in [0.25, 0.3) is 0 Å². The normalized spacial score (nSPS) is 14.4. The van der Waals surface area contributed by atoms with Crippen LogP contribution in [-0.2, 0) is 0 Å². The third kappa shape index (κ3) is 9.87. The summed E-state index contributed by atoms with van der Waals surface area (Å²) >= 11 is 0. The van der Waals surface area contributed by atoms with E-state index in [0.29, 0.717) is 0 Å². The summed E-state index contributed by atoms with van der Waals surface area (Å²) in [5, 5.41) is 0. The minimum absolute atomic E-state index is 0.216. The topological polar surface area (TPSA) is 0 Å². The van der Waals surface area contributed by atoms with Gasteiger partial charge in [-0.2, -0.15) is 13.2 Å². The van der Waals surface area contributed by atoms with Crippen LogP contribution in [0.5, 0.6) is 0 Å². The number of alkyl halides is 3. The molecular formula is C11H21F3. The smallest absolute Gasteiger partial charge is 0.171 e. The van der Waals surface area contributed by atoms with Crippen LogP contribution >= 0.6 is 0 Å². The molecule has 0 aromatic rings. The Morgan fingerprint density at radius 1 is 1.00 bits per heavy atom. The van der Waals surface area contributed by atoms with E-state index >= 15 is 0 Å². The third-order valence-corrected chi connectivity index (χ3v) is 2.47. The molecule has 0 spiro atoms. The summed E-state index contributed by atoms with van der Waals surface area (Å²) in [7, 11) is 0. The van der Waals surface area contributed by atoms with Gasteiger partial charge in [-0.1, -0.05) is 46.0 Å². The lowest BCUT2D eigenvalue weighted by molar-refractivity contribution is -0.137. The Kier molecular flexibility index (Phi) is 7.02. The van der Waals surface area contributed by atoms with Crippen LogP contribution in [0.1, 0.15) is 58.8 Å². The molecule has 0 aliphatic carbocycles. The van der Waals surface area contributed by atoms with Crippen molar-refractivity contribution >= 4 is 0 Å². The van der Waals surface area contributed by atoms with E-state index in [2.05, 4.69) is 6.92 Å². The van der Waals surface area contributed by atoms with Crippen LogP contribution in [0.15, 0.2) is 0 Å². The van der Waals surface area contributed by atoms with Gasteiger partial charge in [0.05, 0.1) is 0 Å². The Labute approximate surface area is 84.9 Å². The number of halogens is 3. The zero-order valence-corrected chi connectivity index (χ0v) is 9.16. The summed E-state index contributed by atoms with van der Waals surface area (Å²) in [6.45, 7) is 4.05. The van der Waals surface area contributed by atoms with E-state index in [9.17, 15) is 13.2 Å². The molecule has 0 rings (SSSR count). The molecule has 0 saturated heterocycles. The first-order chi connectivity index (χ1) is 6.45. The zero-order valence-electron chi connectivity index (χ0n) is 9.16. The summed E-state index contributed by atoms with van der Waals surface area (Å²) < 4.78 is 35.6. The quantitative estimate of drug-likeness (QED) is 0.522. The molecule has 3 heteroatoms. The first kappa shape index (κ1) is 13.8. The molecule has 0 aliphatic heterocycles. The van der Waals surface area contributed by atoms with E-state index in [4.69, 9.17) is 0 Å². The van der Waals surface area contributed by atoms with Crippen molar-refractivity contribution in [1.82, 2.24) is 0 Å². The molecule has 1 atom stereocenters. The zero-order chi connectivity index (χ0) is 11.0. The van der Waals surface area contributed by atoms with Gasteiger partial charge in [0.1, 0.15) is 0 Å². The molecule has 0 radical (unpaired) electrons. The SMILES string of the molecule is CCCCCCC(C)CCC(F)(F)F. The van der Waals surface area contributed by atoms with Gasteiger partial charge in [-0.3, -0.25) is 0 Å². The van der Waals surface area contributed by atoms with Crippen LogP contribution in [0.4, 0.5) is 13.2 Å². The highest BCUT2D eigenvalue weighted by atomic mass is 19.4. The minimum Gasteiger partial charge on any atom is -0.171 e. The largest absolute Gasteiger partial charge is 0.389 e. The second kappa shape index (κ2) is 7.13. The van der Waals surface area contributed by atoms with E-state index in [1.165, 1.54) is 12.8 Å². The summed E-state index contributed by atoms with van der Waals surface area (Å²) in [6, 6.07) is 0. The molecule has 0 aromatic carbocycles. The molecule has 0 nitrogen and oxygen atoms in total. The lowest BCUT2D eigenvalue weighted by atomic mass is 9.98. The van der Waals surface area contributed by atoms with Crippen molar-refractivity contribution in [3.63, 3.8) is 0 Å².